The summed E-state index contributed by atoms with van der Waals surface area (Å²) in [5.74, 6) is -0.136. The Hall–Kier alpha value is -2.16. The number of hydrogen-bond acceptors (Lipinski definition) is 2. The summed E-state index contributed by atoms with van der Waals surface area (Å²) in [5.41, 5.74) is 2.05. The summed E-state index contributed by atoms with van der Waals surface area (Å²) in [6, 6.07) is 12.3. The third-order valence-electron chi connectivity index (χ3n) is 3.64. The van der Waals surface area contributed by atoms with Crippen molar-refractivity contribution in [3.05, 3.63) is 65.0 Å². The maximum absolute atomic E-state index is 13.8. The molecule has 0 fully saturated rings. The second-order valence-electron chi connectivity index (χ2n) is 5.17. The number of benzene rings is 2. The minimum absolute atomic E-state index is 0.165. The van der Waals surface area contributed by atoms with E-state index in [-0.39, 0.29) is 17.3 Å². The number of carbonyl (C=O) groups excluding carboxylic acids is 1. The molecule has 0 aromatic heterocycles. The van der Waals surface area contributed by atoms with E-state index in [1.54, 1.807) is 12.1 Å². The largest absolute Gasteiger partial charge is 0.493 e. The van der Waals surface area contributed by atoms with E-state index in [4.69, 9.17) is 4.74 Å². The van der Waals surface area contributed by atoms with E-state index < -0.39 is 5.82 Å². The zero-order chi connectivity index (χ0) is 14.1. The quantitative estimate of drug-likeness (QED) is 0.780. The standard InChI is InChI=1S/C17H15FO2/c1-11-6-7-15(18)14(8-11)17(19)13-9-12-4-2-3-5-16(12)20-10-13/h2-8,13H,9-10H2,1H3. The monoisotopic (exact) mass is 270 g/mol. The van der Waals surface area contributed by atoms with Gasteiger partial charge in [0.1, 0.15) is 11.6 Å². The Balaban J connectivity index is 1.88. The molecule has 3 heteroatoms. The first-order valence-electron chi connectivity index (χ1n) is 6.66. The molecule has 0 spiro atoms. The highest BCUT2D eigenvalue weighted by atomic mass is 19.1. The Labute approximate surface area is 117 Å². The Morgan fingerprint density at radius 2 is 2.05 bits per heavy atom. The fourth-order valence-corrected chi connectivity index (χ4v) is 2.54. The maximum atomic E-state index is 13.8. The summed E-state index contributed by atoms with van der Waals surface area (Å²) < 4.78 is 19.4. The molecule has 0 bridgehead atoms. The van der Waals surface area contributed by atoms with Crippen LogP contribution in [0, 0.1) is 18.7 Å². The summed E-state index contributed by atoms with van der Waals surface area (Å²) in [6.07, 6.45) is 0.600. The van der Waals surface area contributed by atoms with Gasteiger partial charge in [0.15, 0.2) is 5.78 Å². The van der Waals surface area contributed by atoms with Crippen molar-refractivity contribution in [2.45, 2.75) is 13.3 Å². The SMILES string of the molecule is Cc1ccc(F)c(C(=O)C2COc3ccccc3C2)c1. The molecule has 0 saturated carbocycles. The predicted molar refractivity (Wildman–Crippen MR) is 74.6 cm³/mol. The van der Waals surface area contributed by atoms with Crippen LogP contribution in [-0.2, 0) is 6.42 Å². The molecule has 0 aliphatic carbocycles. The number of ether oxygens (including phenoxy) is 1. The van der Waals surface area contributed by atoms with Crippen molar-refractivity contribution in [2.75, 3.05) is 6.61 Å². The van der Waals surface area contributed by atoms with Crippen LogP contribution in [0.4, 0.5) is 4.39 Å². The van der Waals surface area contributed by atoms with Gasteiger partial charge in [-0.2, -0.15) is 0 Å². The van der Waals surface area contributed by atoms with Gasteiger partial charge in [0.25, 0.3) is 0 Å². The molecule has 0 radical (unpaired) electrons. The lowest BCUT2D eigenvalue weighted by Crippen LogP contribution is -2.28. The molecular formula is C17H15FO2. The number of hydrogen-bond donors (Lipinski definition) is 0. The predicted octanol–water partition coefficient (Wildman–Crippen LogP) is 3.57. The average molecular weight is 270 g/mol. The van der Waals surface area contributed by atoms with E-state index in [0.29, 0.717) is 13.0 Å². The summed E-state index contributed by atoms with van der Waals surface area (Å²) in [4.78, 5) is 12.5. The molecule has 2 nitrogen and oxygen atoms in total. The first-order chi connectivity index (χ1) is 9.65. The second-order valence-corrected chi connectivity index (χ2v) is 5.17. The van der Waals surface area contributed by atoms with Crippen LogP contribution in [0.2, 0.25) is 0 Å². The first-order valence-corrected chi connectivity index (χ1v) is 6.66. The minimum Gasteiger partial charge on any atom is -0.493 e. The summed E-state index contributed by atoms with van der Waals surface area (Å²) in [7, 11) is 0. The second kappa shape index (κ2) is 5.08. The number of halogens is 1. The van der Waals surface area contributed by atoms with Gasteiger partial charge in [-0.25, -0.2) is 4.39 Å². The third-order valence-corrected chi connectivity index (χ3v) is 3.64. The van der Waals surface area contributed by atoms with Gasteiger partial charge in [-0.1, -0.05) is 29.8 Å². The van der Waals surface area contributed by atoms with Crippen molar-refractivity contribution in [1.29, 1.82) is 0 Å². The fraction of sp³-hybridized carbons (Fsp3) is 0.235. The van der Waals surface area contributed by atoms with E-state index in [1.165, 1.54) is 6.07 Å². The number of Topliss-reactive ketones (excluding diaryl/α,β-unsaturated/α-hetero) is 1. The molecule has 1 heterocycles. The van der Waals surface area contributed by atoms with Gasteiger partial charge in [0, 0.05) is 0 Å². The molecule has 0 saturated heterocycles. The average Bonchev–Trinajstić information content (AvgIpc) is 2.48. The summed E-state index contributed by atoms with van der Waals surface area (Å²) in [5, 5.41) is 0. The number of aryl methyl sites for hydroxylation is 1. The van der Waals surface area contributed by atoms with Crippen LogP contribution in [0.3, 0.4) is 0 Å². The van der Waals surface area contributed by atoms with Crippen LogP contribution in [0.25, 0.3) is 0 Å². The Morgan fingerprint density at radius 3 is 2.90 bits per heavy atom. The van der Waals surface area contributed by atoms with Crippen molar-refractivity contribution in [3.63, 3.8) is 0 Å². The van der Waals surface area contributed by atoms with Gasteiger partial charge in [-0.05, 0) is 37.1 Å². The highest BCUT2D eigenvalue weighted by Gasteiger charge is 2.28. The smallest absolute Gasteiger partial charge is 0.172 e. The maximum Gasteiger partial charge on any atom is 0.172 e. The van der Waals surface area contributed by atoms with E-state index >= 15 is 0 Å². The number of ketones is 1. The van der Waals surface area contributed by atoms with Crippen LogP contribution >= 0.6 is 0 Å². The van der Waals surface area contributed by atoms with Gasteiger partial charge in [0.05, 0.1) is 18.1 Å². The zero-order valence-electron chi connectivity index (χ0n) is 11.2. The summed E-state index contributed by atoms with van der Waals surface area (Å²) >= 11 is 0. The third kappa shape index (κ3) is 2.31. The van der Waals surface area contributed by atoms with E-state index in [9.17, 15) is 9.18 Å². The van der Waals surface area contributed by atoms with Crippen molar-refractivity contribution < 1.29 is 13.9 Å². The van der Waals surface area contributed by atoms with Crippen LogP contribution in [0.5, 0.6) is 5.75 Å². The lowest BCUT2D eigenvalue weighted by molar-refractivity contribution is 0.0851. The van der Waals surface area contributed by atoms with Crippen molar-refractivity contribution >= 4 is 5.78 Å². The van der Waals surface area contributed by atoms with Gasteiger partial charge >= 0.3 is 0 Å². The molecular weight excluding hydrogens is 255 g/mol. The van der Waals surface area contributed by atoms with Crippen LogP contribution in [-0.4, -0.2) is 12.4 Å². The van der Waals surface area contributed by atoms with Gasteiger partial charge in [-0.15, -0.1) is 0 Å². The molecule has 1 aliphatic rings. The molecule has 3 rings (SSSR count). The molecule has 1 atom stereocenters. The Morgan fingerprint density at radius 1 is 1.25 bits per heavy atom. The lowest BCUT2D eigenvalue weighted by atomic mass is 9.89. The van der Waals surface area contributed by atoms with E-state index in [0.717, 1.165) is 16.9 Å². The number of rotatable bonds is 2. The van der Waals surface area contributed by atoms with E-state index in [2.05, 4.69) is 0 Å². The number of fused-ring (bicyclic) bond motifs is 1. The lowest BCUT2D eigenvalue weighted by Gasteiger charge is -2.24. The van der Waals surface area contributed by atoms with Crippen molar-refractivity contribution in [3.8, 4) is 5.75 Å². The number of para-hydroxylation sites is 1. The molecule has 102 valence electrons. The molecule has 2 aromatic carbocycles. The Kier molecular flexibility index (Phi) is 3.26. The molecule has 0 N–H and O–H groups in total. The fourth-order valence-electron chi connectivity index (χ4n) is 2.54. The highest BCUT2D eigenvalue weighted by molar-refractivity contribution is 5.98. The Bertz CT molecular complexity index is 664. The highest BCUT2D eigenvalue weighted by Crippen LogP contribution is 2.29. The molecule has 20 heavy (non-hydrogen) atoms. The van der Waals surface area contributed by atoms with Crippen LogP contribution < -0.4 is 4.74 Å². The number of carbonyl (C=O) groups is 1. The van der Waals surface area contributed by atoms with Gasteiger partial charge in [-0.3, -0.25) is 4.79 Å². The van der Waals surface area contributed by atoms with Crippen LogP contribution in [0.15, 0.2) is 42.5 Å². The minimum atomic E-state index is -0.459. The first kappa shape index (κ1) is 12.9. The van der Waals surface area contributed by atoms with E-state index in [1.807, 2.05) is 31.2 Å². The molecule has 1 aliphatic heterocycles. The van der Waals surface area contributed by atoms with Crippen LogP contribution in [0.1, 0.15) is 21.5 Å². The van der Waals surface area contributed by atoms with Gasteiger partial charge < -0.3 is 4.74 Å². The normalized spacial score (nSPS) is 17.2. The summed E-state index contributed by atoms with van der Waals surface area (Å²) in [6.45, 7) is 2.16. The molecule has 2 aromatic rings. The van der Waals surface area contributed by atoms with Crippen molar-refractivity contribution in [1.82, 2.24) is 0 Å². The van der Waals surface area contributed by atoms with Crippen molar-refractivity contribution in [2.24, 2.45) is 5.92 Å². The topological polar surface area (TPSA) is 26.3 Å². The molecule has 0 amide bonds. The zero-order valence-corrected chi connectivity index (χ0v) is 11.2. The van der Waals surface area contributed by atoms with Gasteiger partial charge in [0.2, 0.25) is 0 Å². The molecule has 1 unspecified atom stereocenters.